The van der Waals surface area contributed by atoms with E-state index in [1.165, 1.54) is 0 Å². The molecule has 2 aromatic rings. The van der Waals surface area contributed by atoms with Gasteiger partial charge < -0.3 is 9.84 Å². The maximum absolute atomic E-state index is 9.96. The Hall–Kier alpha value is -1.07. The fraction of sp³-hybridized carbons (Fsp3) is 0.200. The summed E-state index contributed by atoms with van der Waals surface area (Å²) < 4.78 is 6.97. The third kappa shape index (κ3) is 3.23. The van der Waals surface area contributed by atoms with Gasteiger partial charge >= 0.3 is 0 Å². The van der Waals surface area contributed by atoms with E-state index in [4.69, 9.17) is 4.74 Å². The van der Waals surface area contributed by atoms with Crippen LogP contribution >= 0.6 is 22.6 Å². The quantitative estimate of drug-likeness (QED) is 0.818. The fourth-order valence-electron chi connectivity index (χ4n) is 1.73. The molecule has 1 atom stereocenters. The Kier molecular flexibility index (Phi) is 4.60. The zero-order chi connectivity index (χ0) is 13.0. The zero-order valence-corrected chi connectivity index (χ0v) is 12.3. The van der Waals surface area contributed by atoms with Crippen molar-refractivity contribution in [3.63, 3.8) is 0 Å². The van der Waals surface area contributed by atoms with Crippen molar-refractivity contribution in [1.82, 2.24) is 0 Å². The average molecular weight is 354 g/mol. The van der Waals surface area contributed by atoms with Gasteiger partial charge in [-0.1, -0.05) is 31.2 Å². The molecule has 2 aromatic carbocycles. The molecular weight excluding hydrogens is 339 g/mol. The number of rotatable bonds is 4. The second kappa shape index (κ2) is 6.20. The first-order chi connectivity index (χ1) is 8.70. The molecule has 0 amide bonds. The summed E-state index contributed by atoms with van der Waals surface area (Å²) in [5.41, 5.74) is 0.832. The Morgan fingerprint density at radius 2 is 1.94 bits per heavy atom. The highest BCUT2D eigenvalue weighted by atomic mass is 127. The summed E-state index contributed by atoms with van der Waals surface area (Å²) in [7, 11) is 0. The highest BCUT2D eigenvalue weighted by molar-refractivity contribution is 14.1. The van der Waals surface area contributed by atoms with Crippen LogP contribution in [0.25, 0.3) is 0 Å². The van der Waals surface area contributed by atoms with Crippen LogP contribution in [0.2, 0.25) is 0 Å². The Labute approximate surface area is 121 Å². The fourth-order valence-corrected chi connectivity index (χ4v) is 2.24. The van der Waals surface area contributed by atoms with Crippen LogP contribution in [-0.2, 0) is 0 Å². The van der Waals surface area contributed by atoms with Crippen molar-refractivity contribution >= 4 is 22.6 Å². The number of halogens is 1. The summed E-state index contributed by atoms with van der Waals surface area (Å²) >= 11 is 2.25. The lowest BCUT2D eigenvalue weighted by molar-refractivity contribution is 0.170. The lowest BCUT2D eigenvalue weighted by atomic mass is 10.1. The monoisotopic (exact) mass is 354 g/mol. The molecule has 0 fully saturated rings. The molecule has 1 N–H and O–H groups in total. The normalized spacial score (nSPS) is 12.2. The summed E-state index contributed by atoms with van der Waals surface area (Å²) in [6.07, 6.45) is 0.191. The molecule has 3 heteroatoms. The highest BCUT2D eigenvalue weighted by Crippen LogP contribution is 2.31. The van der Waals surface area contributed by atoms with E-state index in [9.17, 15) is 5.11 Å². The predicted octanol–water partition coefficient (Wildman–Crippen LogP) is 4.53. The average Bonchev–Trinajstić information content (AvgIpc) is 2.38. The number of aliphatic hydroxyl groups is 1. The minimum absolute atomic E-state index is 0.482. The highest BCUT2D eigenvalue weighted by Gasteiger charge is 2.11. The van der Waals surface area contributed by atoms with Crippen molar-refractivity contribution in [2.24, 2.45) is 0 Å². The number of aliphatic hydroxyl groups excluding tert-OH is 1. The lowest BCUT2D eigenvalue weighted by Gasteiger charge is -2.14. The maximum atomic E-state index is 9.96. The first kappa shape index (κ1) is 13.4. The van der Waals surface area contributed by atoms with Gasteiger partial charge in [-0.15, -0.1) is 0 Å². The second-order valence-electron chi connectivity index (χ2n) is 4.02. The van der Waals surface area contributed by atoms with Crippen molar-refractivity contribution in [3.8, 4) is 11.5 Å². The van der Waals surface area contributed by atoms with Crippen LogP contribution in [-0.4, -0.2) is 5.11 Å². The Morgan fingerprint density at radius 1 is 1.17 bits per heavy atom. The molecule has 18 heavy (non-hydrogen) atoms. The van der Waals surface area contributed by atoms with Crippen molar-refractivity contribution in [1.29, 1.82) is 0 Å². The van der Waals surface area contributed by atoms with Gasteiger partial charge in [-0.2, -0.15) is 0 Å². The number of ether oxygens (including phenoxy) is 1. The molecule has 0 aliphatic heterocycles. The topological polar surface area (TPSA) is 29.5 Å². The molecule has 0 radical (unpaired) electrons. The lowest BCUT2D eigenvalue weighted by Crippen LogP contribution is -1.98. The van der Waals surface area contributed by atoms with E-state index in [2.05, 4.69) is 22.6 Å². The molecule has 0 spiro atoms. The maximum Gasteiger partial charge on any atom is 0.133 e. The smallest absolute Gasteiger partial charge is 0.133 e. The summed E-state index contributed by atoms with van der Waals surface area (Å²) in [4.78, 5) is 0. The molecule has 0 bridgehead atoms. The van der Waals surface area contributed by atoms with Crippen molar-refractivity contribution in [2.75, 3.05) is 0 Å². The summed E-state index contributed by atoms with van der Waals surface area (Å²) in [6.45, 7) is 1.95. The van der Waals surface area contributed by atoms with Crippen LogP contribution in [0.15, 0.2) is 48.5 Å². The molecule has 0 heterocycles. The number of hydrogen-bond acceptors (Lipinski definition) is 2. The second-order valence-corrected chi connectivity index (χ2v) is 5.27. The van der Waals surface area contributed by atoms with E-state index in [1.54, 1.807) is 0 Å². The summed E-state index contributed by atoms with van der Waals surface area (Å²) in [6, 6.07) is 15.5. The van der Waals surface area contributed by atoms with Crippen LogP contribution in [0.4, 0.5) is 0 Å². The van der Waals surface area contributed by atoms with Gasteiger partial charge in [0.05, 0.1) is 6.10 Å². The summed E-state index contributed by atoms with van der Waals surface area (Å²) in [5, 5.41) is 9.96. The third-order valence-corrected chi connectivity index (χ3v) is 3.36. The first-order valence-electron chi connectivity index (χ1n) is 5.91. The largest absolute Gasteiger partial charge is 0.457 e. The molecule has 0 saturated carbocycles. The van der Waals surface area contributed by atoms with Crippen LogP contribution < -0.4 is 4.74 Å². The van der Waals surface area contributed by atoms with Gasteiger partial charge in [0.25, 0.3) is 0 Å². The first-order valence-corrected chi connectivity index (χ1v) is 6.99. The molecule has 2 rings (SSSR count). The zero-order valence-electron chi connectivity index (χ0n) is 10.1. The Balaban J connectivity index is 2.29. The van der Waals surface area contributed by atoms with Crippen molar-refractivity contribution < 1.29 is 9.84 Å². The van der Waals surface area contributed by atoms with Gasteiger partial charge in [0.15, 0.2) is 0 Å². The van der Waals surface area contributed by atoms with E-state index < -0.39 is 6.10 Å². The minimum atomic E-state index is -0.482. The molecule has 0 aromatic heterocycles. The predicted molar refractivity (Wildman–Crippen MR) is 80.9 cm³/mol. The molecule has 0 saturated heterocycles. The Bertz CT molecular complexity index is 525. The Morgan fingerprint density at radius 3 is 2.67 bits per heavy atom. The van der Waals surface area contributed by atoms with Gasteiger partial charge in [-0.3, -0.25) is 0 Å². The molecule has 0 unspecified atom stereocenters. The number of benzene rings is 2. The molecule has 2 nitrogen and oxygen atoms in total. The van der Waals surface area contributed by atoms with E-state index in [0.717, 1.165) is 14.9 Å². The standard InChI is InChI=1S/C15H15IO2/c1-2-14(17)13-8-3-4-9-15(13)18-12-7-5-6-11(16)10-12/h3-10,14,17H,2H2,1H3/t14-/m1/s1. The van der Waals surface area contributed by atoms with Crippen LogP contribution in [0.3, 0.4) is 0 Å². The van der Waals surface area contributed by atoms with Gasteiger partial charge in [0.1, 0.15) is 11.5 Å². The van der Waals surface area contributed by atoms with Gasteiger partial charge in [-0.05, 0) is 53.3 Å². The number of hydrogen-bond donors (Lipinski definition) is 1. The van der Waals surface area contributed by atoms with Crippen LogP contribution in [0, 0.1) is 3.57 Å². The summed E-state index contributed by atoms with van der Waals surface area (Å²) in [5.74, 6) is 1.51. The van der Waals surface area contributed by atoms with Crippen LogP contribution in [0.5, 0.6) is 11.5 Å². The van der Waals surface area contributed by atoms with Gasteiger partial charge in [-0.25, -0.2) is 0 Å². The molecule has 94 valence electrons. The van der Waals surface area contributed by atoms with E-state index in [0.29, 0.717) is 12.2 Å². The SMILES string of the molecule is CC[C@@H](O)c1ccccc1Oc1cccc(I)c1. The third-order valence-electron chi connectivity index (χ3n) is 2.69. The minimum Gasteiger partial charge on any atom is -0.457 e. The van der Waals surface area contributed by atoms with E-state index in [1.807, 2.05) is 55.5 Å². The van der Waals surface area contributed by atoms with E-state index >= 15 is 0 Å². The van der Waals surface area contributed by atoms with E-state index in [-0.39, 0.29) is 0 Å². The van der Waals surface area contributed by atoms with Crippen molar-refractivity contribution in [2.45, 2.75) is 19.4 Å². The van der Waals surface area contributed by atoms with Crippen molar-refractivity contribution in [3.05, 3.63) is 57.7 Å². The van der Waals surface area contributed by atoms with Gasteiger partial charge in [0.2, 0.25) is 0 Å². The van der Waals surface area contributed by atoms with Crippen LogP contribution in [0.1, 0.15) is 25.0 Å². The number of para-hydroxylation sites is 1. The van der Waals surface area contributed by atoms with Gasteiger partial charge in [0, 0.05) is 9.13 Å². The molecule has 0 aliphatic rings. The molecule has 0 aliphatic carbocycles. The molecular formula is C15H15IO2.